The summed E-state index contributed by atoms with van der Waals surface area (Å²) in [5.41, 5.74) is 2.43. The van der Waals surface area contributed by atoms with Gasteiger partial charge in [-0.15, -0.1) is 0 Å². The number of hydrogen-bond acceptors (Lipinski definition) is 7. The molecule has 1 amide bonds. The number of hydrazone groups is 1. The van der Waals surface area contributed by atoms with E-state index in [9.17, 15) is 20.0 Å². The van der Waals surface area contributed by atoms with Gasteiger partial charge < -0.3 is 14.9 Å². The van der Waals surface area contributed by atoms with E-state index >= 15 is 0 Å². The molecule has 2 aromatic rings. The Morgan fingerprint density at radius 3 is 2.58 bits per heavy atom. The fourth-order valence-electron chi connectivity index (χ4n) is 1.66. The highest BCUT2D eigenvalue weighted by Crippen LogP contribution is 2.20. The molecule has 24 heavy (non-hydrogen) atoms. The van der Waals surface area contributed by atoms with Crippen molar-refractivity contribution in [3.8, 4) is 17.2 Å². The molecule has 0 spiro atoms. The number of rotatable bonds is 6. The molecule has 3 N–H and O–H groups in total. The summed E-state index contributed by atoms with van der Waals surface area (Å²) in [4.78, 5) is 21.5. The molecule has 0 fully saturated rings. The van der Waals surface area contributed by atoms with Crippen LogP contribution < -0.4 is 10.2 Å². The molecule has 0 aliphatic heterocycles. The van der Waals surface area contributed by atoms with Gasteiger partial charge in [0.05, 0.1) is 11.1 Å². The Balaban J connectivity index is 1.82. The Morgan fingerprint density at radius 2 is 1.96 bits per heavy atom. The first-order valence-electron chi connectivity index (χ1n) is 6.67. The van der Waals surface area contributed by atoms with Gasteiger partial charge in [0.15, 0.2) is 6.61 Å². The fraction of sp³-hybridized carbons (Fsp3) is 0.0667. The zero-order valence-corrected chi connectivity index (χ0v) is 12.2. The average molecular weight is 331 g/mol. The van der Waals surface area contributed by atoms with Crippen LogP contribution in [-0.4, -0.2) is 33.9 Å². The number of benzene rings is 2. The van der Waals surface area contributed by atoms with Crippen molar-refractivity contribution in [2.24, 2.45) is 5.10 Å². The zero-order chi connectivity index (χ0) is 17.5. The normalized spacial score (nSPS) is 10.5. The summed E-state index contributed by atoms with van der Waals surface area (Å²) in [7, 11) is 0. The van der Waals surface area contributed by atoms with Gasteiger partial charge in [-0.1, -0.05) is 0 Å². The van der Waals surface area contributed by atoms with Crippen molar-refractivity contribution in [1.29, 1.82) is 0 Å². The molecule has 0 aliphatic rings. The van der Waals surface area contributed by atoms with E-state index in [-0.39, 0.29) is 23.8 Å². The lowest BCUT2D eigenvalue weighted by Crippen LogP contribution is -2.24. The topological polar surface area (TPSA) is 134 Å². The molecule has 9 nitrogen and oxygen atoms in total. The van der Waals surface area contributed by atoms with Gasteiger partial charge in [0.25, 0.3) is 11.6 Å². The minimum Gasteiger partial charge on any atom is -0.508 e. The number of nitro benzene ring substituents is 1. The maximum atomic E-state index is 11.6. The van der Waals surface area contributed by atoms with E-state index in [4.69, 9.17) is 9.84 Å². The summed E-state index contributed by atoms with van der Waals surface area (Å²) in [6, 6.07) is 9.21. The largest absolute Gasteiger partial charge is 0.508 e. The lowest BCUT2D eigenvalue weighted by Gasteiger charge is -2.04. The lowest BCUT2D eigenvalue weighted by molar-refractivity contribution is -0.384. The number of nitrogens with zero attached hydrogens (tertiary/aromatic N) is 2. The van der Waals surface area contributed by atoms with Crippen molar-refractivity contribution in [3.05, 3.63) is 58.1 Å². The standard InChI is InChI=1S/C15H13N3O6/c19-12-4-1-10(14(20)7-12)8-16-17-15(21)9-24-13-5-2-11(3-6-13)18(22)23/h1-8,19-20H,9H2,(H,17,21)/b16-8+. The molecular weight excluding hydrogens is 318 g/mol. The van der Waals surface area contributed by atoms with E-state index in [0.717, 1.165) is 6.07 Å². The molecule has 0 aromatic heterocycles. The minimum absolute atomic E-state index is 0.0786. The summed E-state index contributed by atoms with van der Waals surface area (Å²) in [5.74, 6) is -0.529. The summed E-state index contributed by atoms with van der Waals surface area (Å²) < 4.78 is 5.15. The van der Waals surface area contributed by atoms with E-state index in [1.54, 1.807) is 0 Å². The van der Waals surface area contributed by atoms with E-state index in [2.05, 4.69) is 10.5 Å². The summed E-state index contributed by atoms with van der Waals surface area (Å²) >= 11 is 0. The highest BCUT2D eigenvalue weighted by molar-refractivity contribution is 5.85. The number of carbonyl (C=O) groups excluding carboxylic acids is 1. The molecule has 0 atom stereocenters. The monoisotopic (exact) mass is 331 g/mol. The minimum atomic E-state index is -0.553. The smallest absolute Gasteiger partial charge is 0.277 e. The van der Waals surface area contributed by atoms with Crippen LogP contribution in [0.5, 0.6) is 17.2 Å². The number of phenols is 2. The highest BCUT2D eigenvalue weighted by Gasteiger charge is 2.06. The quantitative estimate of drug-likeness (QED) is 0.417. The van der Waals surface area contributed by atoms with Crippen LogP contribution in [0, 0.1) is 10.1 Å². The van der Waals surface area contributed by atoms with Gasteiger partial charge in [0, 0.05) is 23.8 Å². The molecule has 2 aromatic carbocycles. The van der Waals surface area contributed by atoms with Crippen LogP contribution in [0.25, 0.3) is 0 Å². The Bertz CT molecular complexity index is 773. The van der Waals surface area contributed by atoms with Crippen LogP contribution in [0.1, 0.15) is 5.56 Å². The number of non-ortho nitro benzene ring substituents is 1. The third-order valence-electron chi connectivity index (χ3n) is 2.82. The number of aromatic hydroxyl groups is 2. The number of amides is 1. The molecular formula is C15H13N3O6. The number of nitro groups is 1. The lowest BCUT2D eigenvalue weighted by atomic mass is 10.2. The van der Waals surface area contributed by atoms with E-state index in [1.165, 1.54) is 42.6 Å². The van der Waals surface area contributed by atoms with E-state index in [0.29, 0.717) is 11.3 Å². The summed E-state index contributed by atoms with van der Waals surface area (Å²) in [6.07, 6.45) is 1.21. The fourth-order valence-corrected chi connectivity index (χ4v) is 1.66. The SMILES string of the molecule is O=C(COc1ccc([N+](=O)[O-])cc1)N/N=C/c1ccc(O)cc1O. The number of nitrogens with one attached hydrogen (secondary N) is 1. The van der Waals surface area contributed by atoms with Crippen molar-refractivity contribution in [2.75, 3.05) is 6.61 Å². The number of ether oxygens (including phenoxy) is 1. The van der Waals surface area contributed by atoms with Crippen molar-refractivity contribution < 1.29 is 24.7 Å². The summed E-state index contributed by atoms with van der Waals surface area (Å²) in [6.45, 7) is -0.337. The third-order valence-corrected chi connectivity index (χ3v) is 2.82. The average Bonchev–Trinajstić information content (AvgIpc) is 2.55. The number of hydrogen-bond donors (Lipinski definition) is 3. The Morgan fingerprint density at radius 1 is 1.25 bits per heavy atom. The first-order valence-corrected chi connectivity index (χ1v) is 6.67. The van der Waals surface area contributed by atoms with Crippen LogP contribution in [0.2, 0.25) is 0 Å². The van der Waals surface area contributed by atoms with Crippen LogP contribution in [-0.2, 0) is 4.79 Å². The highest BCUT2D eigenvalue weighted by atomic mass is 16.6. The molecule has 0 saturated heterocycles. The first kappa shape index (κ1) is 16.7. The molecule has 0 heterocycles. The molecule has 0 radical (unpaired) electrons. The van der Waals surface area contributed by atoms with Crippen molar-refractivity contribution in [3.63, 3.8) is 0 Å². The number of carbonyl (C=O) groups is 1. The van der Waals surface area contributed by atoms with Gasteiger partial charge in [0.2, 0.25) is 0 Å². The van der Waals surface area contributed by atoms with Gasteiger partial charge in [-0.05, 0) is 24.3 Å². The van der Waals surface area contributed by atoms with Gasteiger partial charge in [-0.2, -0.15) is 5.10 Å². The summed E-state index contributed by atoms with van der Waals surface area (Å²) in [5, 5.41) is 32.8. The predicted octanol–water partition coefficient (Wildman–Crippen LogP) is 1.54. The maximum Gasteiger partial charge on any atom is 0.277 e. The predicted molar refractivity (Wildman–Crippen MR) is 84.1 cm³/mol. The Kier molecular flexibility index (Phi) is 5.29. The molecule has 2 rings (SSSR count). The van der Waals surface area contributed by atoms with Gasteiger partial charge >= 0.3 is 0 Å². The van der Waals surface area contributed by atoms with Crippen LogP contribution in [0.3, 0.4) is 0 Å². The molecule has 0 bridgehead atoms. The Hall–Kier alpha value is -3.62. The van der Waals surface area contributed by atoms with E-state index < -0.39 is 10.8 Å². The second-order valence-corrected chi connectivity index (χ2v) is 4.58. The molecule has 0 saturated carbocycles. The zero-order valence-electron chi connectivity index (χ0n) is 12.2. The van der Waals surface area contributed by atoms with Crippen molar-refractivity contribution in [2.45, 2.75) is 0 Å². The Labute approximate surface area is 136 Å². The van der Waals surface area contributed by atoms with Crippen LogP contribution in [0.4, 0.5) is 5.69 Å². The van der Waals surface area contributed by atoms with Crippen LogP contribution >= 0.6 is 0 Å². The van der Waals surface area contributed by atoms with Crippen molar-refractivity contribution >= 4 is 17.8 Å². The number of phenolic OH excluding ortho intramolecular Hbond substituents is 2. The van der Waals surface area contributed by atoms with Crippen LogP contribution in [0.15, 0.2) is 47.6 Å². The van der Waals surface area contributed by atoms with Gasteiger partial charge in [0.1, 0.15) is 17.2 Å². The molecule has 9 heteroatoms. The van der Waals surface area contributed by atoms with Gasteiger partial charge in [-0.25, -0.2) is 5.43 Å². The first-order chi connectivity index (χ1) is 11.5. The molecule has 124 valence electrons. The second kappa shape index (κ2) is 7.58. The van der Waals surface area contributed by atoms with Crippen molar-refractivity contribution in [1.82, 2.24) is 5.43 Å². The second-order valence-electron chi connectivity index (χ2n) is 4.58. The molecule has 0 unspecified atom stereocenters. The van der Waals surface area contributed by atoms with Gasteiger partial charge in [-0.3, -0.25) is 14.9 Å². The van der Waals surface area contributed by atoms with E-state index in [1.807, 2.05) is 0 Å². The molecule has 0 aliphatic carbocycles. The third kappa shape index (κ3) is 4.70. The maximum absolute atomic E-state index is 11.6.